The number of halogens is 1. The number of piperazine rings is 1. The first-order valence-electron chi connectivity index (χ1n) is 8.74. The van der Waals surface area contributed by atoms with Crippen LogP contribution in [0, 0.1) is 5.82 Å². The molecule has 1 N–H and O–H groups in total. The van der Waals surface area contributed by atoms with Crippen LogP contribution in [-0.2, 0) is 0 Å². The molecule has 24 heavy (non-hydrogen) atoms. The fraction of sp³-hybridized carbons (Fsp3) is 0.556. The molecule has 3 amide bonds. The fourth-order valence-corrected chi connectivity index (χ4v) is 3.43. The van der Waals surface area contributed by atoms with E-state index in [1.807, 2.05) is 0 Å². The van der Waals surface area contributed by atoms with E-state index in [1.54, 1.807) is 21.9 Å². The second kappa shape index (κ2) is 7.64. The molecule has 1 heterocycles. The van der Waals surface area contributed by atoms with Gasteiger partial charge in [-0.1, -0.05) is 31.4 Å². The van der Waals surface area contributed by atoms with Crippen LogP contribution in [0.4, 0.5) is 9.18 Å². The van der Waals surface area contributed by atoms with E-state index in [2.05, 4.69) is 5.32 Å². The molecule has 1 aromatic carbocycles. The number of hydrogen-bond acceptors (Lipinski definition) is 2. The van der Waals surface area contributed by atoms with E-state index in [9.17, 15) is 14.0 Å². The first kappa shape index (κ1) is 16.7. The predicted molar refractivity (Wildman–Crippen MR) is 89.3 cm³/mol. The monoisotopic (exact) mass is 333 g/mol. The summed E-state index contributed by atoms with van der Waals surface area (Å²) in [5.74, 6) is -0.805. The average molecular weight is 333 g/mol. The third-order valence-electron chi connectivity index (χ3n) is 4.89. The van der Waals surface area contributed by atoms with Gasteiger partial charge in [-0.3, -0.25) is 4.79 Å². The summed E-state index contributed by atoms with van der Waals surface area (Å²) in [6, 6.07) is 6.26. The molecule has 1 aliphatic carbocycles. The van der Waals surface area contributed by atoms with Gasteiger partial charge < -0.3 is 15.1 Å². The molecule has 5 nitrogen and oxygen atoms in total. The number of benzene rings is 1. The minimum Gasteiger partial charge on any atom is -0.335 e. The van der Waals surface area contributed by atoms with Crippen LogP contribution in [0.5, 0.6) is 0 Å². The topological polar surface area (TPSA) is 52.7 Å². The van der Waals surface area contributed by atoms with Crippen molar-refractivity contribution in [1.29, 1.82) is 0 Å². The normalized spacial score (nSPS) is 19.2. The average Bonchev–Trinajstić information content (AvgIpc) is 2.62. The number of carbonyl (C=O) groups excluding carboxylic acids is 2. The van der Waals surface area contributed by atoms with Crippen molar-refractivity contribution < 1.29 is 14.0 Å². The van der Waals surface area contributed by atoms with Crippen molar-refractivity contribution in [2.75, 3.05) is 26.2 Å². The molecule has 1 aromatic rings. The third kappa shape index (κ3) is 3.86. The fourth-order valence-electron chi connectivity index (χ4n) is 3.43. The summed E-state index contributed by atoms with van der Waals surface area (Å²) >= 11 is 0. The number of urea groups is 1. The first-order valence-corrected chi connectivity index (χ1v) is 8.74. The second-order valence-electron chi connectivity index (χ2n) is 6.54. The van der Waals surface area contributed by atoms with Gasteiger partial charge in [-0.05, 0) is 25.0 Å². The molecule has 6 heteroatoms. The standard InChI is InChI=1S/C18H24FN3O2/c19-16-9-5-4-8-15(16)17(23)21-10-12-22(13-11-21)18(24)20-14-6-2-1-3-7-14/h4-5,8-9,14H,1-3,6-7,10-13H2,(H,20,24). The summed E-state index contributed by atoms with van der Waals surface area (Å²) < 4.78 is 13.7. The molecular weight excluding hydrogens is 309 g/mol. The largest absolute Gasteiger partial charge is 0.335 e. The van der Waals surface area contributed by atoms with Gasteiger partial charge in [-0.15, -0.1) is 0 Å². The van der Waals surface area contributed by atoms with Crippen LogP contribution in [0.1, 0.15) is 42.5 Å². The number of nitrogens with one attached hydrogen (secondary N) is 1. The highest BCUT2D eigenvalue weighted by molar-refractivity contribution is 5.94. The Balaban J connectivity index is 1.51. The lowest BCUT2D eigenvalue weighted by atomic mass is 9.96. The quantitative estimate of drug-likeness (QED) is 0.904. The number of rotatable bonds is 2. The van der Waals surface area contributed by atoms with Crippen LogP contribution in [-0.4, -0.2) is 54.0 Å². The van der Waals surface area contributed by atoms with Gasteiger partial charge in [0, 0.05) is 32.2 Å². The molecule has 130 valence electrons. The van der Waals surface area contributed by atoms with Crippen LogP contribution in [0.15, 0.2) is 24.3 Å². The lowest BCUT2D eigenvalue weighted by Gasteiger charge is -2.36. The Labute approximate surface area is 141 Å². The smallest absolute Gasteiger partial charge is 0.317 e. The molecule has 1 aliphatic heterocycles. The highest BCUT2D eigenvalue weighted by Crippen LogP contribution is 2.18. The molecular formula is C18H24FN3O2. The van der Waals surface area contributed by atoms with E-state index < -0.39 is 5.82 Å². The van der Waals surface area contributed by atoms with Crippen molar-refractivity contribution in [3.63, 3.8) is 0 Å². The van der Waals surface area contributed by atoms with Gasteiger partial charge in [0.1, 0.15) is 5.82 Å². The summed E-state index contributed by atoms with van der Waals surface area (Å²) in [4.78, 5) is 28.1. The Morgan fingerprint density at radius 1 is 0.958 bits per heavy atom. The Morgan fingerprint density at radius 3 is 2.25 bits per heavy atom. The van der Waals surface area contributed by atoms with E-state index in [1.165, 1.54) is 31.4 Å². The van der Waals surface area contributed by atoms with E-state index in [-0.39, 0.29) is 23.5 Å². The van der Waals surface area contributed by atoms with Crippen molar-refractivity contribution in [1.82, 2.24) is 15.1 Å². The van der Waals surface area contributed by atoms with Crippen LogP contribution in [0.25, 0.3) is 0 Å². The molecule has 0 aromatic heterocycles. The van der Waals surface area contributed by atoms with Crippen molar-refractivity contribution >= 4 is 11.9 Å². The van der Waals surface area contributed by atoms with E-state index >= 15 is 0 Å². The zero-order valence-corrected chi connectivity index (χ0v) is 13.8. The summed E-state index contributed by atoms with van der Waals surface area (Å²) in [7, 11) is 0. The van der Waals surface area contributed by atoms with E-state index in [4.69, 9.17) is 0 Å². The Kier molecular flexibility index (Phi) is 5.33. The number of carbonyl (C=O) groups is 2. The number of hydrogen-bond donors (Lipinski definition) is 1. The predicted octanol–water partition coefficient (Wildman–Crippen LogP) is 2.63. The van der Waals surface area contributed by atoms with Crippen LogP contribution < -0.4 is 5.32 Å². The van der Waals surface area contributed by atoms with Gasteiger partial charge in [0.15, 0.2) is 0 Å². The van der Waals surface area contributed by atoms with Crippen LogP contribution in [0.2, 0.25) is 0 Å². The summed E-state index contributed by atoms with van der Waals surface area (Å²) in [6.07, 6.45) is 5.71. The number of amides is 3. The van der Waals surface area contributed by atoms with Crippen molar-refractivity contribution in [3.8, 4) is 0 Å². The molecule has 2 fully saturated rings. The van der Waals surface area contributed by atoms with Crippen molar-refractivity contribution in [2.45, 2.75) is 38.1 Å². The highest BCUT2D eigenvalue weighted by Gasteiger charge is 2.27. The molecule has 3 rings (SSSR count). The molecule has 0 unspecified atom stereocenters. The van der Waals surface area contributed by atoms with Gasteiger partial charge in [-0.25, -0.2) is 9.18 Å². The van der Waals surface area contributed by atoms with Gasteiger partial charge >= 0.3 is 6.03 Å². The highest BCUT2D eigenvalue weighted by atomic mass is 19.1. The maximum absolute atomic E-state index is 13.7. The lowest BCUT2D eigenvalue weighted by molar-refractivity contribution is 0.0658. The molecule has 2 aliphatic rings. The van der Waals surface area contributed by atoms with Gasteiger partial charge in [0.25, 0.3) is 5.91 Å². The summed E-state index contributed by atoms with van der Waals surface area (Å²) in [5, 5.41) is 3.10. The molecule has 1 saturated carbocycles. The molecule has 1 saturated heterocycles. The molecule has 0 spiro atoms. The van der Waals surface area contributed by atoms with Gasteiger partial charge in [0.05, 0.1) is 5.56 Å². The van der Waals surface area contributed by atoms with Crippen LogP contribution >= 0.6 is 0 Å². The van der Waals surface area contributed by atoms with Gasteiger partial charge in [0.2, 0.25) is 0 Å². The third-order valence-corrected chi connectivity index (χ3v) is 4.89. The van der Waals surface area contributed by atoms with Gasteiger partial charge in [-0.2, -0.15) is 0 Å². The number of nitrogens with zero attached hydrogens (tertiary/aromatic N) is 2. The second-order valence-corrected chi connectivity index (χ2v) is 6.54. The minimum atomic E-state index is -0.500. The summed E-state index contributed by atoms with van der Waals surface area (Å²) in [6.45, 7) is 1.84. The van der Waals surface area contributed by atoms with Crippen LogP contribution in [0.3, 0.4) is 0 Å². The SMILES string of the molecule is O=C(NC1CCCCC1)N1CCN(C(=O)c2ccccc2F)CC1. The Morgan fingerprint density at radius 2 is 1.58 bits per heavy atom. The molecule has 0 radical (unpaired) electrons. The van der Waals surface area contributed by atoms with Crippen molar-refractivity contribution in [3.05, 3.63) is 35.6 Å². The zero-order chi connectivity index (χ0) is 16.9. The lowest BCUT2D eigenvalue weighted by Crippen LogP contribution is -2.54. The molecule has 0 atom stereocenters. The van der Waals surface area contributed by atoms with Crippen molar-refractivity contribution in [2.24, 2.45) is 0 Å². The summed E-state index contributed by atoms with van der Waals surface area (Å²) in [5.41, 5.74) is 0.0950. The minimum absolute atomic E-state index is 0.0418. The first-order chi connectivity index (χ1) is 11.6. The zero-order valence-electron chi connectivity index (χ0n) is 13.8. The maximum atomic E-state index is 13.7. The van der Waals surface area contributed by atoms with E-state index in [0.29, 0.717) is 26.2 Å². The van der Waals surface area contributed by atoms with E-state index in [0.717, 1.165) is 12.8 Å². The maximum Gasteiger partial charge on any atom is 0.317 e. The molecule has 0 bridgehead atoms. The Bertz CT molecular complexity index is 594. The Hall–Kier alpha value is -2.11.